The molecule has 1 nitrogen and oxygen atoms in total. The number of hydrogen-bond acceptors (Lipinski definition) is 1. The van der Waals surface area contributed by atoms with Gasteiger partial charge in [-0.05, 0) is 86.4 Å². The van der Waals surface area contributed by atoms with Crippen molar-refractivity contribution in [3.63, 3.8) is 0 Å². The zero-order valence-electron chi connectivity index (χ0n) is 13.2. The van der Waals surface area contributed by atoms with Gasteiger partial charge in [0.25, 0.3) is 0 Å². The summed E-state index contributed by atoms with van der Waals surface area (Å²) in [5, 5.41) is 10.0. The molecule has 1 N–H and O–H groups in total. The van der Waals surface area contributed by atoms with Crippen LogP contribution in [0, 0.1) is 28.6 Å². The lowest BCUT2D eigenvalue weighted by Crippen LogP contribution is -2.51. The number of hydrogen-bond donors (Lipinski definition) is 1. The molecule has 4 rings (SSSR count). The fourth-order valence-corrected chi connectivity index (χ4v) is 6.56. The first-order valence-electron chi connectivity index (χ1n) is 8.91. The van der Waals surface area contributed by atoms with Gasteiger partial charge in [0, 0.05) is 0 Å². The third-order valence-corrected chi connectivity index (χ3v) is 7.83. The maximum Gasteiger partial charge on any atom is 0.0543 e. The van der Waals surface area contributed by atoms with Gasteiger partial charge in [-0.15, -0.1) is 0 Å². The Morgan fingerprint density at radius 2 is 1.90 bits per heavy atom. The molecule has 4 aliphatic rings. The van der Waals surface area contributed by atoms with Crippen molar-refractivity contribution < 1.29 is 5.11 Å². The molecule has 3 fully saturated rings. The van der Waals surface area contributed by atoms with Gasteiger partial charge in [0.15, 0.2) is 0 Å². The summed E-state index contributed by atoms with van der Waals surface area (Å²) in [4.78, 5) is 0. The largest absolute Gasteiger partial charge is 0.393 e. The minimum absolute atomic E-state index is 0.0100. The second-order valence-electron chi connectivity index (χ2n) is 8.72. The highest BCUT2D eigenvalue weighted by Gasteiger charge is 2.55. The average molecular weight is 274 g/mol. The predicted octanol–water partition coefficient (Wildman–Crippen LogP) is 4.70. The fourth-order valence-electron chi connectivity index (χ4n) is 6.56. The molecule has 0 unspecified atom stereocenters. The van der Waals surface area contributed by atoms with Crippen LogP contribution in [0.5, 0.6) is 0 Å². The van der Waals surface area contributed by atoms with Crippen LogP contribution in [0.3, 0.4) is 0 Å². The second kappa shape index (κ2) is 4.35. The first kappa shape index (κ1) is 13.4. The molecule has 0 spiro atoms. The Hall–Kier alpha value is -0.300. The minimum Gasteiger partial charge on any atom is -0.393 e. The Morgan fingerprint density at radius 1 is 1.05 bits per heavy atom. The van der Waals surface area contributed by atoms with Crippen LogP contribution in [0.4, 0.5) is 0 Å². The first-order valence-corrected chi connectivity index (χ1v) is 8.91. The van der Waals surface area contributed by atoms with Crippen LogP contribution in [0.1, 0.15) is 71.6 Å². The molecule has 0 aromatic rings. The molecule has 0 amide bonds. The van der Waals surface area contributed by atoms with E-state index in [0.29, 0.717) is 10.8 Å². The molecule has 0 aromatic carbocycles. The molecule has 0 radical (unpaired) electrons. The van der Waals surface area contributed by atoms with Gasteiger partial charge in [0.1, 0.15) is 0 Å². The zero-order chi connectivity index (χ0) is 14.0. The summed E-state index contributed by atoms with van der Waals surface area (Å²) in [6.07, 6.45) is 14.4. The molecule has 1 heteroatoms. The Labute approximate surface area is 123 Å². The highest BCUT2D eigenvalue weighted by Crippen LogP contribution is 2.64. The lowest BCUT2D eigenvalue weighted by molar-refractivity contribution is -0.0812. The highest BCUT2D eigenvalue weighted by molar-refractivity contribution is 5.27. The molecule has 3 saturated carbocycles. The molecular formula is C19H30O. The molecule has 112 valence electrons. The molecule has 0 heterocycles. The standard InChI is InChI=1S/C19H30O/c1-18-9-3-4-16(18)15-6-5-13-12-14(20)7-11-19(13,2)17(15)8-10-18/h4,13-15,17,20H,3,5-12H2,1-2H3/t13-,14-,15-,17-,18+,19+/m1/s1. The summed E-state index contributed by atoms with van der Waals surface area (Å²) in [5.41, 5.74) is 2.92. The van der Waals surface area contributed by atoms with Crippen LogP contribution in [-0.4, -0.2) is 11.2 Å². The van der Waals surface area contributed by atoms with Crippen molar-refractivity contribution in [2.24, 2.45) is 28.6 Å². The minimum atomic E-state index is -0.0100. The monoisotopic (exact) mass is 274 g/mol. The van der Waals surface area contributed by atoms with E-state index < -0.39 is 0 Å². The quantitative estimate of drug-likeness (QED) is 0.635. The molecule has 0 aromatic heterocycles. The van der Waals surface area contributed by atoms with Crippen molar-refractivity contribution in [2.45, 2.75) is 77.7 Å². The number of aliphatic hydroxyl groups excluding tert-OH is 1. The molecule has 0 aliphatic heterocycles. The van der Waals surface area contributed by atoms with E-state index in [-0.39, 0.29) is 6.10 Å². The third-order valence-electron chi connectivity index (χ3n) is 7.83. The van der Waals surface area contributed by atoms with Gasteiger partial charge in [0.2, 0.25) is 0 Å². The van der Waals surface area contributed by atoms with Crippen LogP contribution in [-0.2, 0) is 0 Å². The van der Waals surface area contributed by atoms with Gasteiger partial charge in [-0.1, -0.05) is 25.5 Å². The Balaban J connectivity index is 1.66. The number of allylic oxidation sites excluding steroid dienone is 2. The topological polar surface area (TPSA) is 20.2 Å². The van der Waals surface area contributed by atoms with Crippen molar-refractivity contribution in [3.8, 4) is 0 Å². The first-order chi connectivity index (χ1) is 9.53. The maximum atomic E-state index is 10.0. The van der Waals surface area contributed by atoms with Gasteiger partial charge in [-0.25, -0.2) is 0 Å². The van der Waals surface area contributed by atoms with Gasteiger partial charge < -0.3 is 5.11 Å². The normalized spacial score (nSPS) is 54.6. The summed E-state index contributed by atoms with van der Waals surface area (Å²) in [6.45, 7) is 5.10. The van der Waals surface area contributed by atoms with Crippen LogP contribution >= 0.6 is 0 Å². The summed E-state index contributed by atoms with van der Waals surface area (Å²) < 4.78 is 0. The van der Waals surface area contributed by atoms with Gasteiger partial charge >= 0.3 is 0 Å². The number of aliphatic hydroxyl groups is 1. The highest BCUT2D eigenvalue weighted by atomic mass is 16.3. The number of fused-ring (bicyclic) bond motifs is 5. The SMILES string of the molecule is C[C@@]12CCC=C1[C@H]1CC[C@@H]3C[C@H](O)CC[C@]3(C)[C@@H]1CC2. The van der Waals surface area contributed by atoms with E-state index >= 15 is 0 Å². The van der Waals surface area contributed by atoms with Crippen molar-refractivity contribution in [3.05, 3.63) is 11.6 Å². The summed E-state index contributed by atoms with van der Waals surface area (Å²) in [6, 6.07) is 0. The molecule has 20 heavy (non-hydrogen) atoms. The average Bonchev–Trinajstić information content (AvgIpc) is 2.81. The molecular weight excluding hydrogens is 244 g/mol. The lowest BCUT2D eigenvalue weighted by atomic mass is 9.46. The lowest BCUT2D eigenvalue weighted by Gasteiger charge is -2.59. The number of rotatable bonds is 0. The second-order valence-corrected chi connectivity index (χ2v) is 8.72. The molecule has 0 bridgehead atoms. The van der Waals surface area contributed by atoms with Crippen molar-refractivity contribution in [2.75, 3.05) is 0 Å². The van der Waals surface area contributed by atoms with Crippen LogP contribution in [0.15, 0.2) is 11.6 Å². The van der Waals surface area contributed by atoms with Crippen LogP contribution in [0.2, 0.25) is 0 Å². The Morgan fingerprint density at radius 3 is 2.75 bits per heavy atom. The summed E-state index contributed by atoms with van der Waals surface area (Å²) in [5.74, 6) is 2.58. The van der Waals surface area contributed by atoms with Gasteiger partial charge in [-0.3, -0.25) is 0 Å². The van der Waals surface area contributed by atoms with Gasteiger partial charge in [0.05, 0.1) is 6.10 Å². The summed E-state index contributed by atoms with van der Waals surface area (Å²) in [7, 11) is 0. The van der Waals surface area contributed by atoms with E-state index in [2.05, 4.69) is 19.9 Å². The molecule has 4 aliphatic carbocycles. The summed E-state index contributed by atoms with van der Waals surface area (Å²) >= 11 is 0. The fraction of sp³-hybridized carbons (Fsp3) is 0.895. The van der Waals surface area contributed by atoms with E-state index in [1.54, 1.807) is 0 Å². The Kier molecular flexibility index (Phi) is 2.91. The van der Waals surface area contributed by atoms with E-state index in [1.165, 1.54) is 44.9 Å². The van der Waals surface area contributed by atoms with Crippen molar-refractivity contribution >= 4 is 0 Å². The molecule has 0 saturated heterocycles. The van der Waals surface area contributed by atoms with Crippen LogP contribution < -0.4 is 0 Å². The smallest absolute Gasteiger partial charge is 0.0543 e. The zero-order valence-corrected chi connectivity index (χ0v) is 13.2. The van der Waals surface area contributed by atoms with Crippen molar-refractivity contribution in [1.82, 2.24) is 0 Å². The van der Waals surface area contributed by atoms with E-state index in [4.69, 9.17) is 0 Å². The van der Waals surface area contributed by atoms with E-state index in [0.717, 1.165) is 30.6 Å². The predicted molar refractivity (Wildman–Crippen MR) is 82.3 cm³/mol. The van der Waals surface area contributed by atoms with Crippen LogP contribution in [0.25, 0.3) is 0 Å². The third kappa shape index (κ3) is 1.71. The van der Waals surface area contributed by atoms with Crippen molar-refractivity contribution in [1.29, 1.82) is 0 Å². The Bertz CT molecular complexity index is 439. The van der Waals surface area contributed by atoms with Gasteiger partial charge in [-0.2, -0.15) is 0 Å². The van der Waals surface area contributed by atoms with E-state index in [1.807, 2.05) is 5.57 Å². The maximum absolute atomic E-state index is 10.0. The molecule has 6 atom stereocenters. The van der Waals surface area contributed by atoms with E-state index in [9.17, 15) is 5.11 Å².